The van der Waals surface area contributed by atoms with Crippen molar-refractivity contribution in [1.29, 1.82) is 0 Å². The average Bonchev–Trinajstić information content (AvgIpc) is 3.08. The lowest BCUT2D eigenvalue weighted by Gasteiger charge is -2.30. The molecule has 0 bridgehead atoms. The van der Waals surface area contributed by atoms with E-state index in [4.69, 9.17) is 9.47 Å². The van der Waals surface area contributed by atoms with E-state index in [1.165, 1.54) is 25.7 Å². The third-order valence-corrected chi connectivity index (χ3v) is 5.73. The monoisotopic (exact) mass is 362 g/mol. The molecule has 26 heavy (non-hydrogen) atoms. The van der Waals surface area contributed by atoms with Gasteiger partial charge in [0, 0.05) is 31.2 Å². The van der Waals surface area contributed by atoms with Crippen LogP contribution in [0.2, 0.25) is 0 Å². The van der Waals surface area contributed by atoms with E-state index in [1.54, 1.807) is 20.3 Å². The summed E-state index contributed by atoms with van der Waals surface area (Å²) in [5, 5.41) is 9.98. The zero-order chi connectivity index (χ0) is 18.5. The first-order chi connectivity index (χ1) is 12.7. The zero-order valence-corrected chi connectivity index (χ0v) is 15.8. The topological polar surface area (TPSA) is 62.2 Å². The minimum Gasteiger partial charge on any atom is -0.493 e. The molecule has 1 N–H and O–H groups in total. The number of nitrogens with zero attached hydrogens (tertiary/aromatic N) is 2. The van der Waals surface area contributed by atoms with Crippen LogP contribution in [0.25, 0.3) is 0 Å². The van der Waals surface area contributed by atoms with Gasteiger partial charge in [0.25, 0.3) is 0 Å². The van der Waals surface area contributed by atoms with Crippen molar-refractivity contribution in [2.24, 2.45) is 0 Å². The van der Waals surface area contributed by atoms with Crippen LogP contribution >= 0.6 is 0 Å². The summed E-state index contributed by atoms with van der Waals surface area (Å²) in [6.07, 6.45) is 6.21. The molecule has 2 aliphatic rings. The molecule has 2 fully saturated rings. The SMILES string of the molecule is COc1cccc(C(C(=O)O)N2CCCN(C3CCCC3)CC2)c1OC. The molecule has 0 amide bonds. The highest BCUT2D eigenvalue weighted by atomic mass is 16.5. The Labute approximate surface area is 155 Å². The lowest BCUT2D eigenvalue weighted by Crippen LogP contribution is -2.39. The number of carboxylic acids is 1. The fourth-order valence-corrected chi connectivity index (χ4v) is 4.46. The van der Waals surface area contributed by atoms with Crippen LogP contribution in [0.1, 0.15) is 43.7 Å². The first-order valence-electron chi connectivity index (χ1n) is 9.57. The molecule has 1 aromatic carbocycles. The number of rotatable bonds is 6. The van der Waals surface area contributed by atoms with Gasteiger partial charge in [-0.05, 0) is 31.9 Å². The maximum atomic E-state index is 12.2. The Bertz CT molecular complexity index is 616. The summed E-state index contributed by atoms with van der Waals surface area (Å²) in [7, 11) is 3.13. The molecule has 0 radical (unpaired) electrons. The van der Waals surface area contributed by atoms with Crippen LogP contribution in [0.5, 0.6) is 11.5 Å². The Morgan fingerprint density at radius 2 is 1.85 bits per heavy atom. The van der Waals surface area contributed by atoms with E-state index in [0.29, 0.717) is 23.1 Å². The minimum absolute atomic E-state index is 0.513. The lowest BCUT2D eigenvalue weighted by atomic mass is 10.0. The van der Waals surface area contributed by atoms with Crippen molar-refractivity contribution in [1.82, 2.24) is 9.80 Å². The zero-order valence-electron chi connectivity index (χ0n) is 15.8. The van der Waals surface area contributed by atoms with Crippen molar-refractivity contribution in [3.8, 4) is 11.5 Å². The molecule has 3 rings (SSSR count). The summed E-state index contributed by atoms with van der Waals surface area (Å²) in [5.41, 5.74) is 0.661. The number of carbonyl (C=O) groups is 1. The third kappa shape index (κ3) is 3.96. The van der Waals surface area contributed by atoms with Crippen LogP contribution in [-0.2, 0) is 4.79 Å². The van der Waals surface area contributed by atoms with Gasteiger partial charge in [-0.2, -0.15) is 0 Å². The fraction of sp³-hybridized carbons (Fsp3) is 0.650. The molecule has 1 aromatic rings. The van der Waals surface area contributed by atoms with E-state index in [1.807, 2.05) is 12.1 Å². The smallest absolute Gasteiger partial charge is 0.325 e. The van der Waals surface area contributed by atoms with Crippen LogP contribution < -0.4 is 9.47 Å². The Kier molecular flexibility index (Phi) is 6.38. The number of methoxy groups -OCH3 is 2. The molecule has 0 spiro atoms. The predicted octanol–water partition coefficient (Wildman–Crippen LogP) is 2.78. The predicted molar refractivity (Wildman–Crippen MR) is 99.9 cm³/mol. The van der Waals surface area contributed by atoms with E-state index >= 15 is 0 Å². The molecule has 0 aromatic heterocycles. The van der Waals surface area contributed by atoms with Crippen molar-refractivity contribution in [2.45, 2.75) is 44.2 Å². The van der Waals surface area contributed by atoms with Crippen LogP contribution in [0.15, 0.2) is 18.2 Å². The summed E-state index contributed by atoms with van der Waals surface area (Å²) < 4.78 is 10.9. The number of hydrogen-bond donors (Lipinski definition) is 1. The quantitative estimate of drug-likeness (QED) is 0.840. The van der Waals surface area contributed by atoms with Crippen LogP contribution in [0.3, 0.4) is 0 Å². The molecule has 6 heteroatoms. The van der Waals surface area contributed by atoms with Crippen molar-refractivity contribution in [2.75, 3.05) is 40.4 Å². The second-order valence-electron chi connectivity index (χ2n) is 7.19. The maximum absolute atomic E-state index is 12.2. The van der Waals surface area contributed by atoms with Crippen LogP contribution in [0.4, 0.5) is 0 Å². The number of benzene rings is 1. The highest BCUT2D eigenvalue weighted by molar-refractivity contribution is 5.77. The summed E-state index contributed by atoms with van der Waals surface area (Å²) >= 11 is 0. The highest BCUT2D eigenvalue weighted by Gasteiger charge is 2.33. The second kappa shape index (κ2) is 8.73. The van der Waals surface area contributed by atoms with E-state index < -0.39 is 12.0 Å². The molecule has 1 saturated carbocycles. The van der Waals surface area contributed by atoms with Crippen LogP contribution in [0, 0.1) is 0 Å². The van der Waals surface area contributed by atoms with Gasteiger partial charge in [0.1, 0.15) is 6.04 Å². The Morgan fingerprint density at radius 1 is 1.08 bits per heavy atom. The summed E-state index contributed by atoms with van der Waals surface area (Å²) in [6, 6.07) is 5.42. The van der Waals surface area contributed by atoms with Crippen molar-refractivity contribution < 1.29 is 19.4 Å². The van der Waals surface area contributed by atoms with Crippen molar-refractivity contribution in [3.63, 3.8) is 0 Å². The van der Waals surface area contributed by atoms with Gasteiger partial charge < -0.3 is 14.6 Å². The van der Waals surface area contributed by atoms with Gasteiger partial charge in [-0.15, -0.1) is 0 Å². The van der Waals surface area contributed by atoms with Gasteiger partial charge in [0.15, 0.2) is 11.5 Å². The van der Waals surface area contributed by atoms with Gasteiger partial charge in [0.05, 0.1) is 14.2 Å². The van der Waals surface area contributed by atoms with Crippen molar-refractivity contribution in [3.05, 3.63) is 23.8 Å². The Balaban J connectivity index is 1.81. The third-order valence-electron chi connectivity index (χ3n) is 5.73. The standard InChI is InChI=1S/C20H30N2O4/c1-25-17-10-5-9-16(19(17)26-2)18(20(23)24)22-12-6-11-21(13-14-22)15-7-3-4-8-15/h5,9-10,15,18H,3-4,6-8,11-14H2,1-2H3,(H,23,24). The summed E-state index contributed by atoms with van der Waals surface area (Å²) in [6.45, 7) is 3.53. The number of carboxylic acid groups (broad SMARTS) is 1. The fourth-order valence-electron chi connectivity index (χ4n) is 4.46. The van der Waals surface area contributed by atoms with Gasteiger partial charge in [-0.25, -0.2) is 0 Å². The Hall–Kier alpha value is -1.79. The maximum Gasteiger partial charge on any atom is 0.325 e. The molecule has 1 heterocycles. The molecular formula is C20H30N2O4. The molecule has 1 atom stereocenters. The van der Waals surface area contributed by atoms with E-state index in [-0.39, 0.29) is 0 Å². The van der Waals surface area contributed by atoms with E-state index in [2.05, 4.69) is 9.80 Å². The Morgan fingerprint density at radius 3 is 2.50 bits per heavy atom. The summed E-state index contributed by atoms with van der Waals surface area (Å²) in [4.78, 5) is 16.8. The number of hydrogen-bond acceptors (Lipinski definition) is 5. The van der Waals surface area contributed by atoms with E-state index in [9.17, 15) is 9.90 Å². The normalized spacial score (nSPS) is 21.3. The van der Waals surface area contributed by atoms with Gasteiger partial charge in [-0.3, -0.25) is 14.6 Å². The van der Waals surface area contributed by atoms with Crippen LogP contribution in [-0.4, -0.2) is 67.3 Å². The largest absolute Gasteiger partial charge is 0.493 e. The second-order valence-corrected chi connectivity index (χ2v) is 7.19. The first kappa shape index (κ1) is 19.0. The average molecular weight is 362 g/mol. The molecule has 6 nitrogen and oxygen atoms in total. The minimum atomic E-state index is -0.842. The molecule has 144 valence electrons. The molecule has 1 saturated heterocycles. The van der Waals surface area contributed by atoms with Gasteiger partial charge in [-0.1, -0.05) is 25.0 Å². The highest BCUT2D eigenvalue weighted by Crippen LogP contribution is 2.37. The molecular weight excluding hydrogens is 332 g/mol. The number of ether oxygens (including phenoxy) is 2. The molecule has 1 unspecified atom stereocenters. The lowest BCUT2D eigenvalue weighted by molar-refractivity contribution is -0.143. The van der Waals surface area contributed by atoms with Crippen molar-refractivity contribution >= 4 is 5.97 Å². The van der Waals surface area contributed by atoms with Gasteiger partial charge >= 0.3 is 5.97 Å². The number of para-hydroxylation sites is 1. The van der Waals surface area contributed by atoms with Gasteiger partial charge in [0.2, 0.25) is 0 Å². The van der Waals surface area contributed by atoms with E-state index in [0.717, 1.165) is 32.6 Å². The summed E-state index contributed by atoms with van der Waals surface area (Å²) in [5.74, 6) is 0.240. The molecule has 1 aliphatic carbocycles. The first-order valence-corrected chi connectivity index (χ1v) is 9.57. The number of aliphatic carboxylic acids is 1. The molecule has 1 aliphatic heterocycles.